The van der Waals surface area contributed by atoms with Gasteiger partial charge < -0.3 is 20.6 Å². The fourth-order valence-corrected chi connectivity index (χ4v) is 1.42. The minimum Gasteiger partial charge on any atom is -0.392 e. The number of aliphatic hydroxyl groups excluding tert-OH is 1. The first-order valence-electron chi connectivity index (χ1n) is 5.93. The van der Waals surface area contributed by atoms with Crippen molar-refractivity contribution in [1.29, 1.82) is 0 Å². The largest absolute Gasteiger partial charge is 0.392 e. The average Bonchev–Trinajstić information content (AvgIpc) is 2.42. The fourth-order valence-electron chi connectivity index (χ4n) is 1.42. The molecule has 3 N–H and O–H groups in total. The van der Waals surface area contributed by atoms with E-state index in [0.29, 0.717) is 6.54 Å². The molecular weight excluding hydrogens is 246 g/mol. The van der Waals surface area contributed by atoms with E-state index in [2.05, 4.69) is 10.6 Å². The van der Waals surface area contributed by atoms with Crippen LogP contribution in [0.25, 0.3) is 0 Å². The third kappa shape index (κ3) is 5.39. The maximum atomic E-state index is 11.5. The molecule has 1 aromatic carbocycles. The topological polar surface area (TPSA) is 81.7 Å². The third-order valence-corrected chi connectivity index (χ3v) is 2.47. The Kier molecular flexibility index (Phi) is 5.81. The Morgan fingerprint density at radius 1 is 1.21 bits per heavy atom. The van der Waals surface area contributed by atoms with Crippen LogP contribution in [0.15, 0.2) is 24.3 Å². The lowest BCUT2D eigenvalue weighted by atomic mass is 10.1. The summed E-state index contributed by atoms with van der Waals surface area (Å²) in [5, 5.41) is 14.2. The molecule has 0 spiro atoms. The molecular formula is C13H19N3O3. The van der Waals surface area contributed by atoms with Gasteiger partial charge in [-0.1, -0.05) is 24.3 Å². The first-order chi connectivity index (χ1) is 9.02. The number of carbonyl (C=O) groups is 2. The van der Waals surface area contributed by atoms with Crippen molar-refractivity contribution in [3.8, 4) is 0 Å². The lowest BCUT2D eigenvalue weighted by molar-refractivity contribution is -0.120. The summed E-state index contributed by atoms with van der Waals surface area (Å²) >= 11 is 0. The molecule has 3 amide bonds. The predicted molar refractivity (Wildman–Crippen MR) is 71.3 cm³/mol. The highest BCUT2D eigenvalue weighted by atomic mass is 16.3. The SMILES string of the molecule is CN(C)C(=O)NCC(=O)NCc1cccc(CO)c1. The molecule has 0 radical (unpaired) electrons. The van der Waals surface area contributed by atoms with Gasteiger partial charge in [-0.25, -0.2) is 4.79 Å². The van der Waals surface area contributed by atoms with E-state index in [4.69, 9.17) is 5.11 Å². The van der Waals surface area contributed by atoms with Crippen LogP contribution in [0.2, 0.25) is 0 Å². The van der Waals surface area contributed by atoms with Crippen LogP contribution in [-0.4, -0.2) is 42.6 Å². The highest BCUT2D eigenvalue weighted by molar-refractivity contribution is 5.83. The molecule has 0 aliphatic rings. The molecule has 0 aromatic heterocycles. The normalized spacial score (nSPS) is 9.84. The van der Waals surface area contributed by atoms with Gasteiger partial charge in [-0.05, 0) is 11.1 Å². The van der Waals surface area contributed by atoms with Crippen LogP contribution in [0.1, 0.15) is 11.1 Å². The van der Waals surface area contributed by atoms with Crippen molar-refractivity contribution >= 4 is 11.9 Å². The molecule has 6 nitrogen and oxygen atoms in total. The second-order valence-electron chi connectivity index (χ2n) is 4.31. The van der Waals surface area contributed by atoms with E-state index in [-0.39, 0.29) is 25.1 Å². The molecule has 0 aliphatic heterocycles. The Morgan fingerprint density at radius 2 is 1.89 bits per heavy atom. The first kappa shape index (κ1) is 15.0. The Hall–Kier alpha value is -2.08. The van der Waals surface area contributed by atoms with Crippen LogP contribution < -0.4 is 10.6 Å². The molecule has 6 heteroatoms. The summed E-state index contributed by atoms with van der Waals surface area (Å²) < 4.78 is 0. The minimum absolute atomic E-state index is 0.0271. The molecule has 0 bridgehead atoms. The van der Waals surface area contributed by atoms with Gasteiger partial charge in [-0.15, -0.1) is 0 Å². The van der Waals surface area contributed by atoms with Crippen molar-refractivity contribution in [3.05, 3.63) is 35.4 Å². The molecule has 0 saturated carbocycles. The Bertz CT molecular complexity index is 447. The monoisotopic (exact) mass is 265 g/mol. The van der Waals surface area contributed by atoms with Crippen LogP contribution in [-0.2, 0) is 17.9 Å². The Balaban J connectivity index is 2.35. The maximum absolute atomic E-state index is 11.5. The van der Waals surface area contributed by atoms with Crippen molar-refractivity contribution in [1.82, 2.24) is 15.5 Å². The lowest BCUT2D eigenvalue weighted by Crippen LogP contribution is -2.41. The number of carbonyl (C=O) groups excluding carboxylic acids is 2. The van der Waals surface area contributed by atoms with Crippen molar-refractivity contribution in [2.75, 3.05) is 20.6 Å². The molecule has 104 valence electrons. The smallest absolute Gasteiger partial charge is 0.317 e. The summed E-state index contributed by atoms with van der Waals surface area (Å²) in [6, 6.07) is 7.00. The Morgan fingerprint density at radius 3 is 2.53 bits per heavy atom. The van der Waals surface area contributed by atoms with Crippen molar-refractivity contribution in [2.45, 2.75) is 13.2 Å². The number of aliphatic hydroxyl groups is 1. The van der Waals surface area contributed by atoms with Gasteiger partial charge in [-0.2, -0.15) is 0 Å². The number of nitrogens with zero attached hydrogens (tertiary/aromatic N) is 1. The summed E-state index contributed by atoms with van der Waals surface area (Å²) in [6.45, 7) is 0.280. The number of hydrogen-bond donors (Lipinski definition) is 3. The van der Waals surface area contributed by atoms with Crippen LogP contribution >= 0.6 is 0 Å². The van der Waals surface area contributed by atoms with Crippen molar-refractivity contribution in [2.24, 2.45) is 0 Å². The number of urea groups is 1. The number of rotatable bonds is 5. The molecule has 1 aromatic rings. The summed E-state index contributed by atoms with van der Waals surface area (Å²) in [4.78, 5) is 24.1. The average molecular weight is 265 g/mol. The molecule has 19 heavy (non-hydrogen) atoms. The van der Waals surface area contributed by atoms with Crippen LogP contribution in [0.3, 0.4) is 0 Å². The zero-order valence-electron chi connectivity index (χ0n) is 11.1. The van der Waals surface area contributed by atoms with E-state index in [1.165, 1.54) is 4.90 Å². The molecule has 1 rings (SSSR count). The molecule has 0 fully saturated rings. The molecule has 0 unspecified atom stereocenters. The second-order valence-corrected chi connectivity index (χ2v) is 4.31. The quantitative estimate of drug-likeness (QED) is 0.704. The van der Waals surface area contributed by atoms with Gasteiger partial charge in [-0.3, -0.25) is 4.79 Å². The Labute approximate surface area is 112 Å². The van der Waals surface area contributed by atoms with E-state index in [0.717, 1.165) is 11.1 Å². The highest BCUT2D eigenvalue weighted by Gasteiger charge is 2.06. The van der Waals surface area contributed by atoms with Gasteiger partial charge in [0.1, 0.15) is 0 Å². The van der Waals surface area contributed by atoms with E-state index in [1.54, 1.807) is 14.1 Å². The highest BCUT2D eigenvalue weighted by Crippen LogP contribution is 2.04. The van der Waals surface area contributed by atoms with Crippen LogP contribution in [0.5, 0.6) is 0 Å². The summed E-state index contributed by atoms with van der Waals surface area (Å²) in [6.07, 6.45) is 0. The number of hydrogen-bond acceptors (Lipinski definition) is 3. The summed E-state index contributed by atoms with van der Waals surface area (Å²) in [5.74, 6) is -0.260. The van der Waals surface area contributed by atoms with E-state index in [9.17, 15) is 9.59 Å². The van der Waals surface area contributed by atoms with Gasteiger partial charge >= 0.3 is 6.03 Å². The minimum atomic E-state index is -0.308. The molecule has 0 atom stereocenters. The van der Waals surface area contributed by atoms with Crippen LogP contribution in [0.4, 0.5) is 4.79 Å². The van der Waals surface area contributed by atoms with Gasteiger partial charge in [0.05, 0.1) is 13.2 Å². The first-order valence-corrected chi connectivity index (χ1v) is 5.93. The molecule has 0 heterocycles. The number of benzene rings is 1. The van der Waals surface area contributed by atoms with Crippen molar-refractivity contribution in [3.63, 3.8) is 0 Å². The van der Waals surface area contributed by atoms with Crippen LogP contribution in [0, 0.1) is 0 Å². The van der Waals surface area contributed by atoms with Gasteiger partial charge in [0.25, 0.3) is 0 Å². The van der Waals surface area contributed by atoms with Crippen molar-refractivity contribution < 1.29 is 14.7 Å². The van der Waals surface area contributed by atoms with Gasteiger partial charge in [0.15, 0.2) is 0 Å². The second kappa shape index (κ2) is 7.38. The number of amides is 3. The van der Waals surface area contributed by atoms with E-state index >= 15 is 0 Å². The maximum Gasteiger partial charge on any atom is 0.317 e. The van der Waals surface area contributed by atoms with Gasteiger partial charge in [0, 0.05) is 20.6 Å². The summed E-state index contributed by atoms with van der Waals surface area (Å²) in [7, 11) is 3.21. The third-order valence-electron chi connectivity index (χ3n) is 2.47. The van der Waals surface area contributed by atoms with E-state index in [1.807, 2.05) is 24.3 Å². The predicted octanol–water partition coefficient (Wildman–Crippen LogP) is 0.0663. The summed E-state index contributed by atoms with van der Waals surface area (Å²) in [5.41, 5.74) is 1.70. The lowest BCUT2D eigenvalue weighted by Gasteiger charge is -2.12. The molecule has 0 saturated heterocycles. The van der Waals surface area contributed by atoms with E-state index < -0.39 is 0 Å². The standard InChI is InChI=1S/C13H19N3O3/c1-16(2)13(19)15-8-12(18)14-7-10-4-3-5-11(6-10)9-17/h3-6,17H,7-9H2,1-2H3,(H,14,18)(H,15,19). The number of nitrogens with one attached hydrogen (secondary N) is 2. The zero-order chi connectivity index (χ0) is 14.3. The van der Waals surface area contributed by atoms with Gasteiger partial charge in [0.2, 0.25) is 5.91 Å². The molecule has 0 aliphatic carbocycles. The zero-order valence-corrected chi connectivity index (χ0v) is 11.1. The fraction of sp³-hybridized carbons (Fsp3) is 0.385.